The molecular weight excluding hydrogens is 394 g/mol. The number of hydrogen-bond acceptors (Lipinski definition) is 6. The van der Waals surface area contributed by atoms with E-state index in [0.29, 0.717) is 23.9 Å². The lowest BCUT2D eigenvalue weighted by Crippen LogP contribution is -1.94. The first-order chi connectivity index (χ1) is 15.2. The van der Waals surface area contributed by atoms with E-state index in [1.165, 1.54) is 12.1 Å². The topological polar surface area (TPSA) is 91.3 Å². The molecule has 1 aromatic heterocycles. The summed E-state index contributed by atoms with van der Waals surface area (Å²) in [5.74, 6) is 1.52. The highest BCUT2D eigenvalue weighted by molar-refractivity contribution is 5.67. The molecule has 7 nitrogen and oxygen atoms in total. The molecule has 0 N–H and O–H groups in total. The molecule has 31 heavy (non-hydrogen) atoms. The average Bonchev–Trinajstić information content (AvgIpc) is 3.31. The highest BCUT2D eigenvalue weighted by atomic mass is 16.6. The fraction of sp³-hybridized carbons (Fsp3) is 0.167. The molecule has 1 heterocycles. The van der Waals surface area contributed by atoms with Gasteiger partial charge in [-0.3, -0.25) is 10.1 Å². The Morgan fingerprint density at radius 1 is 0.935 bits per heavy atom. The van der Waals surface area contributed by atoms with Gasteiger partial charge in [-0.2, -0.15) is 4.98 Å². The van der Waals surface area contributed by atoms with Gasteiger partial charge in [0, 0.05) is 17.7 Å². The largest absolute Gasteiger partial charge is 0.496 e. The van der Waals surface area contributed by atoms with Crippen LogP contribution in [0.3, 0.4) is 0 Å². The standard InChI is InChI=1S/C22H17N3O4.C2H6/c1-28-20-9-5-4-8-19(20)21-23-22(29-24-21)18-7-3-2-6-16(18)14-15-10-12-17(13-11-15)25(26)27;1-2/h2-13H,14H2,1H3;1-2H3. The van der Waals surface area contributed by atoms with Crippen LogP contribution in [0.25, 0.3) is 22.8 Å². The number of nitrogens with zero attached hydrogens (tertiary/aromatic N) is 3. The molecule has 0 aliphatic heterocycles. The van der Waals surface area contributed by atoms with Crippen LogP contribution in [0.5, 0.6) is 5.75 Å². The quantitative estimate of drug-likeness (QED) is 0.285. The summed E-state index contributed by atoms with van der Waals surface area (Å²) in [7, 11) is 1.60. The van der Waals surface area contributed by atoms with E-state index in [0.717, 1.165) is 22.3 Å². The van der Waals surface area contributed by atoms with Crippen LogP contribution in [0.1, 0.15) is 25.0 Å². The van der Waals surface area contributed by atoms with E-state index in [9.17, 15) is 10.1 Å². The van der Waals surface area contributed by atoms with Crippen molar-refractivity contribution in [3.63, 3.8) is 0 Å². The number of nitro benzene ring substituents is 1. The van der Waals surface area contributed by atoms with Gasteiger partial charge in [0.25, 0.3) is 11.6 Å². The molecule has 0 saturated heterocycles. The molecule has 158 valence electrons. The molecule has 0 spiro atoms. The van der Waals surface area contributed by atoms with Gasteiger partial charge in [0.1, 0.15) is 5.75 Å². The van der Waals surface area contributed by atoms with E-state index in [1.807, 2.05) is 62.4 Å². The Morgan fingerprint density at radius 2 is 1.58 bits per heavy atom. The van der Waals surface area contributed by atoms with Gasteiger partial charge in [-0.15, -0.1) is 0 Å². The Morgan fingerprint density at radius 3 is 2.26 bits per heavy atom. The van der Waals surface area contributed by atoms with Crippen molar-refractivity contribution in [3.05, 3.63) is 94.0 Å². The molecule has 0 atom stereocenters. The summed E-state index contributed by atoms with van der Waals surface area (Å²) in [6.45, 7) is 4.00. The minimum absolute atomic E-state index is 0.0698. The minimum atomic E-state index is -0.407. The van der Waals surface area contributed by atoms with Gasteiger partial charge >= 0.3 is 0 Å². The Bertz CT molecular complexity index is 1150. The summed E-state index contributed by atoms with van der Waals surface area (Å²) in [5.41, 5.74) is 3.57. The highest BCUT2D eigenvalue weighted by Crippen LogP contribution is 2.31. The summed E-state index contributed by atoms with van der Waals surface area (Å²) in [6.07, 6.45) is 0.584. The van der Waals surface area contributed by atoms with Gasteiger partial charge < -0.3 is 9.26 Å². The first-order valence-corrected chi connectivity index (χ1v) is 9.94. The molecule has 0 amide bonds. The maximum absolute atomic E-state index is 10.8. The monoisotopic (exact) mass is 417 g/mol. The number of ether oxygens (including phenoxy) is 1. The lowest BCUT2D eigenvalue weighted by molar-refractivity contribution is -0.384. The van der Waals surface area contributed by atoms with Crippen molar-refractivity contribution in [2.75, 3.05) is 7.11 Å². The molecule has 4 aromatic rings. The molecule has 0 fully saturated rings. The summed E-state index contributed by atoms with van der Waals surface area (Å²) in [6, 6.07) is 21.7. The van der Waals surface area contributed by atoms with Crippen LogP contribution >= 0.6 is 0 Å². The summed E-state index contributed by atoms with van der Waals surface area (Å²) >= 11 is 0. The first-order valence-electron chi connectivity index (χ1n) is 9.94. The average molecular weight is 417 g/mol. The molecule has 0 aliphatic rings. The summed E-state index contributed by atoms with van der Waals surface area (Å²) in [5, 5.41) is 15.0. The van der Waals surface area contributed by atoms with Crippen LogP contribution in [0, 0.1) is 10.1 Å². The molecule has 0 radical (unpaired) electrons. The minimum Gasteiger partial charge on any atom is -0.496 e. The van der Waals surface area contributed by atoms with Crippen molar-refractivity contribution in [3.8, 4) is 28.6 Å². The van der Waals surface area contributed by atoms with E-state index in [1.54, 1.807) is 19.2 Å². The van der Waals surface area contributed by atoms with Crippen molar-refractivity contribution in [2.24, 2.45) is 0 Å². The van der Waals surface area contributed by atoms with Crippen molar-refractivity contribution >= 4 is 5.69 Å². The van der Waals surface area contributed by atoms with Gasteiger partial charge in [0.05, 0.1) is 17.6 Å². The zero-order valence-corrected chi connectivity index (χ0v) is 17.6. The molecule has 0 saturated carbocycles. The Kier molecular flexibility index (Phi) is 7.11. The van der Waals surface area contributed by atoms with Gasteiger partial charge in [-0.05, 0) is 35.7 Å². The number of non-ortho nitro benzene ring substituents is 1. The van der Waals surface area contributed by atoms with Crippen LogP contribution in [-0.2, 0) is 6.42 Å². The second kappa shape index (κ2) is 10.2. The smallest absolute Gasteiger partial charge is 0.269 e. The highest BCUT2D eigenvalue weighted by Gasteiger charge is 2.16. The van der Waals surface area contributed by atoms with Crippen molar-refractivity contribution in [1.29, 1.82) is 0 Å². The molecule has 0 aliphatic carbocycles. The maximum atomic E-state index is 10.8. The second-order valence-electron chi connectivity index (χ2n) is 6.38. The molecule has 4 rings (SSSR count). The summed E-state index contributed by atoms with van der Waals surface area (Å²) in [4.78, 5) is 15.0. The molecule has 0 unspecified atom stereocenters. The van der Waals surface area contributed by atoms with Crippen LogP contribution in [0.4, 0.5) is 5.69 Å². The fourth-order valence-electron chi connectivity index (χ4n) is 3.11. The van der Waals surface area contributed by atoms with E-state index < -0.39 is 4.92 Å². The third-order valence-corrected chi connectivity index (χ3v) is 4.56. The fourth-order valence-corrected chi connectivity index (χ4v) is 3.11. The van der Waals surface area contributed by atoms with Gasteiger partial charge in [-0.25, -0.2) is 0 Å². The molecule has 0 bridgehead atoms. The number of para-hydroxylation sites is 1. The lowest BCUT2D eigenvalue weighted by atomic mass is 9.99. The second-order valence-corrected chi connectivity index (χ2v) is 6.38. The van der Waals surface area contributed by atoms with E-state index in [4.69, 9.17) is 9.26 Å². The number of hydrogen-bond donors (Lipinski definition) is 0. The Labute approximate surface area is 180 Å². The predicted octanol–water partition coefficient (Wildman–Crippen LogP) is 5.94. The molecular formula is C24H23N3O4. The molecule has 7 heteroatoms. The Hall–Kier alpha value is -4.00. The van der Waals surface area contributed by atoms with Gasteiger partial charge in [0.15, 0.2) is 0 Å². The number of rotatable bonds is 6. The van der Waals surface area contributed by atoms with Gasteiger partial charge in [-0.1, -0.05) is 61.5 Å². The number of nitro groups is 1. The van der Waals surface area contributed by atoms with Crippen LogP contribution in [0.15, 0.2) is 77.3 Å². The zero-order valence-electron chi connectivity index (χ0n) is 17.6. The zero-order chi connectivity index (χ0) is 22.2. The third kappa shape index (κ3) is 4.95. The van der Waals surface area contributed by atoms with E-state index in [2.05, 4.69) is 10.1 Å². The first kappa shape index (κ1) is 21.7. The van der Waals surface area contributed by atoms with Crippen molar-refractivity contribution in [2.45, 2.75) is 20.3 Å². The number of benzene rings is 3. The van der Waals surface area contributed by atoms with Crippen molar-refractivity contribution < 1.29 is 14.2 Å². The SMILES string of the molecule is CC.COc1ccccc1-c1noc(-c2ccccc2Cc2ccc([N+](=O)[O-])cc2)n1. The van der Waals surface area contributed by atoms with Crippen molar-refractivity contribution in [1.82, 2.24) is 10.1 Å². The summed E-state index contributed by atoms with van der Waals surface area (Å²) < 4.78 is 10.9. The number of methoxy groups -OCH3 is 1. The van der Waals surface area contributed by atoms with Crippen LogP contribution in [0.2, 0.25) is 0 Å². The van der Waals surface area contributed by atoms with E-state index >= 15 is 0 Å². The Balaban J connectivity index is 0.00000132. The van der Waals surface area contributed by atoms with E-state index in [-0.39, 0.29) is 5.69 Å². The number of aromatic nitrogens is 2. The normalized spacial score (nSPS) is 10.2. The molecule has 3 aromatic carbocycles. The van der Waals surface area contributed by atoms with Crippen LogP contribution in [-0.4, -0.2) is 22.2 Å². The maximum Gasteiger partial charge on any atom is 0.269 e. The lowest BCUT2D eigenvalue weighted by Gasteiger charge is -2.06. The third-order valence-electron chi connectivity index (χ3n) is 4.56. The van der Waals surface area contributed by atoms with Crippen LogP contribution < -0.4 is 4.74 Å². The predicted molar refractivity (Wildman–Crippen MR) is 119 cm³/mol. The van der Waals surface area contributed by atoms with Gasteiger partial charge in [0.2, 0.25) is 5.82 Å².